The Morgan fingerprint density at radius 3 is 2.70 bits per heavy atom. The largest absolute Gasteiger partial charge is 0.349 e. The number of carbonyl (C=O) groups excluding carboxylic acids is 1. The molecule has 2 aromatic carbocycles. The Balaban J connectivity index is 1.34. The predicted octanol–water partition coefficient (Wildman–Crippen LogP) is 5.07. The van der Waals surface area contributed by atoms with Crippen molar-refractivity contribution < 1.29 is 9.18 Å². The highest BCUT2D eigenvalue weighted by Crippen LogP contribution is 2.43. The monoisotopic (exact) mass is 602 g/mol. The lowest BCUT2D eigenvalue weighted by Crippen LogP contribution is -2.59. The molecule has 1 saturated carbocycles. The molecule has 7 rings (SSSR count). The maximum atomic E-state index is 16.9. The lowest BCUT2D eigenvalue weighted by atomic mass is 9.96. The van der Waals surface area contributed by atoms with Gasteiger partial charge < -0.3 is 20.0 Å². The first-order valence-corrected chi connectivity index (χ1v) is 15.4. The second-order valence-corrected chi connectivity index (χ2v) is 12.8. The summed E-state index contributed by atoms with van der Waals surface area (Å²) in [4.78, 5) is 28.5. The van der Waals surface area contributed by atoms with Crippen molar-refractivity contribution in [1.82, 2.24) is 30.4 Å². The Morgan fingerprint density at radius 2 is 1.95 bits per heavy atom. The zero-order valence-corrected chi connectivity index (χ0v) is 25.5. The molecule has 2 N–H and O–H groups in total. The van der Waals surface area contributed by atoms with Crippen molar-refractivity contribution in [2.24, 2.45) is 5.92 Å². The number of aromatic nitrogens is 4. The van der Waals surface area contributed by atoms with Crippen molar-refractivity contribution in [2.75, 3.05) is 42.5 Å². The summed E-state index contributed by atoms with van der Waals surface area (Å²) < 4.78 is 16.9. The topological polar surface area (TPSA) is 93.3 Å². The Kier molecular flexibility index (Phi) is 7.01. The molecule has 224 valence electrons. The second kappa shape index (κ2) is 10.7. The van der Waals surface area contributed by atoms with E-state index >= 15 is 4.39 Å². The summed E-state index contributed by atoms with van der Waals surface area (Å²) in [5.74, 6) is 1.35. The Bertz CT molecular complexity index is 1750. The first-order valence-electron chi connectivity index (χ1n) is 15.0. The van der Waals surface area contributed by atoms with Crippen LogP contribution in [0.3, 0.4) is 0 Å². The molecule has 2 atom stereocenters. The van der Waals surface area contributed by atoms with Crippen molar-refractivity contribution in [1.29, 1.82) is 0 Å². The number of H-pyrrole nitrogens is 1. The second-order valence-electron chi connectivity index (χ2n) is 12.4. The number of aryl methyl sites for hydroxylation is 1. The molecular weight excluding hydrogens is 567 g/mol. The van der Waals surface area contributed by atoms with Gasteiger partial charge in [-0.05, 0) is 63.8 Å². The van der Waals surface area contributed by atoms with Crippen LogP contribution in [0.1, 0.15) is 32.3 Å². The van der Waals surface area contributed by atoms with E-state index in [4.69, 9.17) is 21.6 Å². The van der Waals surface area contributed by atoms with Gasteiger partial charge in [-0.2, -0.15) is 10.1 Å². The van der Waals surface area contributed by atoms with Gasteiger partial charge in [0.2, 0.25) is 11.9 Å². The number of halogens is 2. The van der Waals surface area contributed by atoms with E-state index in [9.17, 15) is 4.79 Å². The molecule has 0 radical (unpaired) electrons. The highest BCUT2D eigenvalue weighted by Gasteiger charge is 2.36. The zero-order chi connectivity index (χ0) is 30.0. The molecule has 2 aliphatic heterocycles. The molecule has 2 saturated heterocycles. The summed E-state index contributed by atoms with van der Waals surface area (Å²) in [7, 11) is 0. The number of piperazine rings is 1. The van der Waals surface area contributed by atoms with Crippen LogP contribution in [-0.4, -0.2) is 81.8 Å². The molecule has 3 fully saturated rings. The summed E-state index contributed by atoms with van der Waals surface area (Å²) in [5, 5.41) is 12.6. The van der Waals surface area contributed by atoms with Crippen molar-refractivity contribution in [3.05, 3.63) is 53.5 Å². The third-order valence-electron chi connectivity index (χ3n) is 9.20. The number of hydrogen-bond acceptors (Lipinski definition) is 7. The van der Waals surface area contributed by atoms with Gasteiger partial charge in [-0.25, -0.2) is 9.37 Å². The minimum Gasteiger partial charge on any atom is -0.349 e. The van der Waals surface area contributed by atoms with Gasteiger partial charge in [0, 0.05) is 66.2 Å². The molecule has 1 aliphatic carbocycles. The van der Waals surface area contributed by atoms with E-state index in [0.717, 1.165) is 42.0 Å². The van der Waals surface area contributed by atoms with Crippen molar-refractivity contribution >= 4 is 51.1 Å². The summed E-state index contributed by atoms with van der Waals surface area (Å²) in [6.45, 7) is 13.3. The van der Waals surface area contributed by atoms with Crippen LogP contribution in [0.5, 0.6) is 0 Å². The number of nitrogens with one attached hydrogen (secondary N) is 2. The number of anilines is 2. The van der Waals surface area contributed by atoms with E-state index in [-0.39, 0.29) is 28.5 Å². The Labute approximate surface area is 255 Å². The van der Waals surface area contributed by atoms with Gasteiger partial charge in [-0.1, -0.05) is 30.3 Å². The maximum absolute atomic E-state index is 16.9. The highest BCUT2D eigenvalue weighted by atomic mass is 35.5. The quantitative estimate of drug-likeness (QED) is 0.285. The standard InChI is InChI=1S/C32H36ClFN8O/c1-5-25(43)41-13-19(4)42(14-18(41)3)31-23-10-24(33)27(26-17(2)6-9-21-12-36-39-29(21)26)28(34)30(23)37-32(38-31)40-15-22(16-40)35-11-20-7-8-20/h5-6,9-10,12,18-20,22,35H,1,7-8,11,13-16H2,2-4H3,(H,36,39)/t18-,19+/m1/s1. The molecule has 11 heteroatoms. The molecule has 43 heavy (non-hydrogen) atoms. The van der Waals surface area contributed by atoms with E-state index < -0.39 is 5.82 Å². The van der Waals surface area contributed by atoms with Crippen LogP contribution < -0.4 is 15.1 Å². The van der Waals surface area contributed by atoms with Gasteiger partial charge in [-0.3, -0.25) is 9.89 Å². The summed E-state index contributed by atoms with van der Waals surface area (Å²) in [6.07, 6.45) is 5.69. The molecule has 3 aliphatic rings. The van der Waals surface area contributed by atoms with Crippen LogP contribution in [0.2, 0.25) is 5.02 Å². The normalized spacial score (nSPS) is 21.1. The molecule has 1 amide bonds. The SMILES string of the molecule is C=CC(=O)N1C[C@H](C)N(c2nc(N3CC(NCC4CC4)C3)nc3c(F)c(-c4c(C)ccc5cn[nH]c45)c(Cl)cc23)C[C@H]1C. The van der Waals surface area contributed by atoms with E-state index in [1.54, 1.807) is 12.3 Å². The van der Waals surface area contributed by atoms with Gasteiger partial charge in [-0.15, -0.1) is 0 Å². The first-order chi connectivity index (χ1) is 20.7. The number of hydrogen-bond donors (Lipinski definition) is 2. The molecule has 0 unspecified atom stereocenters. The smallest absolute Gasteiger partial charge is 0.246 e. The van der Waals surface area contributed by atoms with Crippen LogP contribution in [0.25, 0.3) is 32.9 Å². The maximum Gasteiger partial charge on any atom is 0.246 e. The zero-order valence-electron chi connectivity index (χ0n) is 24.7. The van der Waals surface area contributed by atoms with Gasteiger partial charge in [0.25, 0.3) is 0 Å². The predicted molar refractivity (Wildman–Crippen MR) is 169 cm³/mol. The fraction of sp³-hybridized carbons (Fsp3) is 0.438. The number of rotatable bonds is 7. The lowest BCUT2D eigenvalue weighted by Gasteiger charge is -2.45. The Hall–Kier alpha value is -3.76. The number of amides is 1. The highest BCUT2D eigenvalue weighted by molar-refractivity contribution is 6.35. The van der Waals surface area contributed by atoms with Crippen LogP contribution in [0, 0.1) is 18.7 Å². The fourth-order valence-corrected chi connectivity index (χ4v) is 6.76. The van der Waals surface area contributed by atoms with E-state index in [1.807, 2.05) is 30.9 Å². The third kappa shape index (κ3) is 4.90. The van der Waals surface area contributed by atoms with Crippen molar-refractivity contribution in [3.8, 4) is 11.1 Å². The van der Waals surface area contributed by atoms with E-state index in [0.29, 0.717) is 47.4 Å². The van der Waals surface area contributed by atoms with Gasteiger partial charge in [0.15, 0.2) is 5.82 Å². The van der Waals surface area contributed by atoms with Gasteiger partial charge >= 0.3 is 0 Å². The summed E-state index contributed by atoms with van der Waals surface area (Å²) in [6, 6.07) is 5.90. The van der Waals surface area contributed by atoms with Crippen LogP contribution >= 0.6 is 11.6 Å². The molecule has 4 aromatic rings. The van der Waals surface area contributed by atoms with E-state index in [2.05, 4.69) is 38.8 Å². The number of nitrogens with zero attached hydrogens (tertiary/aromatic N) is 6. The van der Waals surface area contributed by atoms with Crippen LogP contribution in [0.4, 0.5) is 16.2 Å². The van der Waals surface area contributed by atoms with Crippen molar-refractivity contribution in [3.63, 3.8) is 0 Å². The molecular formula is C32H36ClFN8O. The minimum atomic E-state index is -0.484. The van der Waals surface area contributed by atoms with E-state index in [1.165, 1.54) is 18.9 Å². The first kappa shape index (κ1) is 28.0. The molecule has 0 bridgehead atoms. The van der Waals surface area contributed by atoms with Crippen molar-refractivity contribution in [2.45, 2.75) is 51.7 Å². The van der Waals surface area contributed by atoms with Crippen LogP contribution in [0.15, 0.2) is 37.1 Å². The third-order valence-corrected chi connectivity index (χ3v) is 9.50. The number of carbonyl (C=O) groups is 1. The lowest BCUT2D eigenvalue weighted by molar-refractivity contribution is -0.128. The van der Waals surface area contributed by atoms with Gasteiger partial charge in [0.05, 0.1) is 16.7 Å². The molecule has 4 heterocycles. The van der Waals surface area contributed by atoms with Crippen LogP contribution in [-0.2, 0) is 4.79 Å². The average molecular weight is 603 g/mol. The fourth-order valence-electron chi connectivity index (χ4n) is 6.47. The molecule has 9 nitrogen and oxygen atoms in total. The summed E-state index contributed by atoms with van der Waals surface area (Å²) >= 11 is 6.94. The number of benzene rings is 2. The average Bonchev–Trinajstić information content (AvgIpc) is 3.67. The molecule has 2 aromatic heterocycles. The Morgan fingerprint density at radius 1 is 1.16 bits per heavy atom. The summed E-state index contributed by atoms with van der Waals surface area (Å²) in [5.41, 5.74) is 2.81. The minimum absolute atomic E-state index is 0.0714. The number of aromatic amines is 1. The van der Waals surface area contributed by atoms with Gasteiger partial charge in [0.1, 0.15) is 11.3 Å². The number of fused-ring (bicyclic) bond motifs is 2. The molecule has 0 spiro atoms.